The van der Waals surface area contributed by atoms with E-state index in [-0.39, 0.29) is 5.38 Å². The van der Waals surface area contributed by atoms with E-state index in [1.54, 1.807) is 0 Å². The maximum Gasteiger partial charge on any atom is 0.0463 e. The quantitative estimate of drug-likeness (QED) is 0.573. The zero-order valence-electron chi connectivity index (χ0n) is 9.50. The predicted octanol–water partition coefficient (Wildman–Crippen LogP) is 3.53. The summed E-state index contributed by atoms with van der Waals surface area (Å²) in [6.07, 6.45) is 2.20. The zero-order chi connectivity index (χ0) is 11.1. The first-order valence-electron chi connectivity index (χ1n) is 5.55. The minimum absolute atomic E-state index is 0.272. The molecule has 0 radical (unpaired) electrons. The van der Waals surface area contributed by atoms with Crippen molar-refractivity contribution in [3.05, 3.63) is 22.4 Å². The number of alkyl halides is 1. The summed E-state index contributed by atoms with van der Waals surface area (Å²) in [4.78, 5) is 1.44. The third-order valence-corrected chi connectivity index (χ3v) is 3.49. The van der Waals surface area contributed by atoms with Crippen molar-refractivity contribution in [3.8, 4) is 0 Å². The molecule has 1 heterocycles. The van der Waals surface area contributed by atoms with Gasteiger partial charge in [0.15, 0.2) is 0 Å². The van der Waals surface area contributed by atoms with Crippen molar-refractivity contribution in [3.63, 3.8) is 0 Å². The van der Waals surface area contributed by atoms with Gasteiger partial charge in [-0.2, -0.15) is 0 Å². The second-order valence-corrected chi connectivity index (χ2v) is 5.91. The van der Waals surface area contributed by atoms with E-state index in [0.717, 1.165) is 25.9 Å². The predicted molar refractivity (Wildman–Crippen MR) is 70.0 cm³/mol. The van der Waals surface area contributed by atoms with E-state index in [0.29, 0.717) is 5.92 Å². The standard InChI is InChI=1S/C12H20ClNS/c1-10(2)8-11(13)9-14-6-5-12-4-3-7-15-12/h3-4,7,10-11,14H,5-6,8-9H2,1-2H3. The van der Waals surface area contributed by atoms with Gasteiger partial charge in [-0.05, 0) is 30.2 Å². The maximum absolute atomic E-state index is 6.18. The molecular weight excluding hydrogens is 226 g/mol. The van der Waals surface area contributed by atoms with Crippen LogP contribution in [0, 0.1) is 5.92 Å². The van der Waals surface area contributed by atoms with Gasteiger partial charge in [-0.1, -0.05) is 19.9 Å². The summed E-state index contributed by atoms with van der Waals surface area (Å²) in [5, 5.41) is 5.80. The fourth-order valence-corrected chi connectivity index (χ4v) is 2.69. The number of halogens is 1. The SMILES string of the molecule is CC(C)CC(Cl)CNCCc1cccs1. The summed E-state index contributed by atoms with van der Waals surface area (Å²) < 4.78 is 0. The summed E-state index contributed by atoms with van der Waals surface area (Å²) in [6, 6.07) is 4.28. The Balaban J connectivity index is 2.01. The lowest BCUT2D eigenvalue weighted by Crippen LogP contribution is -2.26. The molecule has 0 spiro atoms. The van der Waals surface area contributed by atoms with Crippen LogP contribution in [0.25, 0.3) is 0 Å². The fourth-order valence-electron chi connectivity index (χ4n) is 1.52. The second-order valence-electron chi connectivity index (χ2n) is 4.26. The topological polar surface area (TPSA) is 12.0 Å². The molecule has 0 saturated heterocycles. The summed E-state index contributed by atoms with van der Waals surface area (Å²) in [5.41, 5.74) is 0. The van der Waals surface area contributed by atoms with Crippen LogP contribution in [0.4, 0.5) is 0 Å². The Labute approximate surface area is 102 Å². The molecule has 0 aromatic carbocycles. The molecule has 1 N–H and O–H groups in total. The van der Waals surface area contributed by atoms with Gasteiger partial charge in [0.25, 0.3) is 0 Å². The summed E-state index contributed by atoms with van der Waals surface area (Å²) in [5.74, 6) is 0.687. The summed E-state index contributed by atoms with van der Waals surface area (Å²) in [7, 11) is 0. The number of hydrogen-bond donors (Lipinski definition) is 1. The fraction of sp³-hybridized carbons (Fsp3) is 0.667. The van der Waals surface area contributed by atoms with Gasteiger partial charge in [-0.25, -0.2) is 0 Å². The lowest BCUT2D eigenvalue weighted by atomic mass is 10.1. The molecule has 0 amide bonds. The third-order valence-electron chi connectivity index (χ3n) is 2.22. The normalized spacial score (nSPS) is 13.3. The lowest BCUT2D eigenvalue weighted by Gasteiger charge is -2.12. The summed E-state index contributed by atoms with van der Waals surface area (Å²) >= 11 is 8.00. The maximum atomic E-state index is 6.18. The van der Waals surface area contributed by atoms with E-state index in [9.17, 15) is 0 Å². The van der Waals surface area contributed by atoms with Crippen LogP contribution in [0.1, 0.15) is 25.1 Å². The monoisotopic (exact) mass is 245 g/mol. The van der Waals surface area contributed by atoms with Crippen LogP contribution in [-0.4, -0.2) is 18.5 Å². The molecule has 1 nitrogen and oxygen atoms in total. The Kier molecular flexibility index (Phi) is 6.30. The van der Waals surface area contributed by atoms with Crippen LogP contribution >= 0.6 is 22.9 Å². The van der Waals surface area contributed by atoms with Gasteiger partial charge in [-0.3, -0.25) is 0 Å². The highest BCUT2D eigenvalue weighted by molar-refractivity contribution is 7.09. The van der Waals surface area contributed by atoms with E-state index in [4.69, 9.17) is 11.6 Å². The van der Waals surface area contributed by atoms with E-state index < -0.39 is 0 Å². The third kappa shape index (κ3) is 6.18. The Morgan fingerprint density at radius 1 is 1.47 bits per heavy atom. The second kappa shape index (κ2) is 7.26. The van der Waals surface area contributed by atoms with Crippen LogP contribution in [0.5, 0.6) is 0 Å². The molecule has 0 saturated carbocycles. The molecule has 1 aromatic heterocycles. The smallest absolute Gasteiger partial charge is 0.0463 e. The molecule has 0 aliphatic heterocycles. The molecular formula is C12H20ClNS. The molecule has 1 aromatic rings. The molecule has 86 valence electrons. The van der Waals surface area contributed by atoms with Crippen molar-refractivity contribution in [1.29, 1.82) is 0 Å². The highest BCUT2D eigenvalue weighted by atomic mass is 35.5. The van der Waals surface area contributed by atoms with E-state index >= 15 is 0 Å². The van der Waals surface area contributed by atoms with Crippen molar-refractivity contribution in [2.75, 3.05) is 13.1 Å². The van der Waals surface area contributed by atoms with Crippen LogP contribution in [0.3, 0.4) is 0 Å². The van der Waals surface area contributed by atoms with Crippen LogP contribution in [0.15, 0.2) is 17.5 Å². The van der Waals surface area contributed by atoms with Crippen molar-refractivity contribution >= 4 is 22.9 Å². The van der Waals surface area contributed by atoms with Gasteiger partial charge in [0.1, 0.15) is 0 Å². The summed E-state index contributed by atoms with van der Waals surface area (Å²) in [6.45, 7) is 6.37. The molecule has 1 atom stereocenters. The van der Waals surface area contributed by atoms with E-state index in [1.165, 1.54) is 4.88 Å². The molecule has 15 heavy (non-hydrogen) atoms. The molecule has 0 aliphatic carbocycles. The number of hydrogen-bond acceptors (Lipinski definition) is 2. The molecule has 0 fully saturated rings. The molecule has 3 heteroatoms. The first-order valence-corrected chi connectivity index (χ1v) is 6.87. The molecule has 1 unspecified atom stereocenters. The molecule has 0 bridgehead atoms. The van der Waals surface area contributed by atoms with Gasteiger partial charge in [0, 0.05) is 23.3 Å². The molecule has 1 rings (SSSR count). The van der Waals surface area contributed by atoms with Crippen molar-refractivity contribution in [2.45, 2.75) is 32.1 Å². The number of thiophene rings is 1. The minimum Gasteiger partial charge on any atom is -0.315 e. The van der Waals surface area contributed by atoms with Crippen molar-refractivity contribution in [2.24, 2.45) is 5.92 Å². The van der Waals surface area contributed by atoms with Gasteiger partial charge < -0.3 is 5.32 Å². The number of nitrogens with one attached hydrogen (secondary N) is 1. The lowest BCUT2D eigenvalue weighted by molar-refractivity contribution is 0.535. The Hall–Kier alpha value is -0.0500. The van der Waals surface area contributed by atoms with Crippen LogP contribution < -0.4 is 5.32 Å². The first kappa shape index (κ1) is 13.0. The highest BCUT2D eigenvalue weighted by Crippen LogP contribution is 2.10. The Morgan fingerprint density at radius 3 is 2.87 bits per heavy atom. The first-order chi connectivity index (χ1) is 7.18. The highest BCUT2D eigenvalue weighted by Gasteiger charge is 2.06. The van der Waals surface area contributed by atoms with Crippen molar-refractivity contribution < 1.29 is 0 Å². The Morgan fingerprint density at radius 2 is 2.27 bits per heavy atom. The van der Waals surface area contributed by atoms with Gasteiger partial charge in [0.2, 0.25) is 0 Å². The average Bonchev–Trinajstić information content (AvgIpc) is 2.63. The van der Waals surface area contributed by atoms with Gasteiger partial charge in [0.05, 0.1) is 0 Å². The van der Waals surface area contributed by atoms with Crippen LogP contribution in [0.2, 0.25) is 0 Å². The minimum atomic E-state index is 0.272. The van der Waals surface area contributed by atoms with Gasteiger partial charge >= 0.3 is 0 Å². The van der Waals surface area contributed by atoms with Crippen LogP contribution in [-0.2, 0) is 6.42 Å². The number of rotatable bonds is 7. The zero-order valence-corrected chi connectivity index (χ0v) is 11.1. The Bertz CT molecular complexity index is 246. The van der Waals surface area contributed by atoms with Gasteiger partial charge in [-0.15, -0.1) is 22.9 Å². The van der Waals surface area contributed by atoms with Crippen molar-refractivity contribution in [1.82, 2.24) is 5.32 Å². The van der Waals surface area contributed by atoms with E-state index in [2.05, 4.69) is 36.7 Å². The molecule has 0 aliphatic rings. The average molecular weight is 246 g/mol. The largest absolute Gasteiger partial charge is 0.315 e. The van der Waals surface area contributed by atoms with E-state index in [1.807, 2.05) is 11.3 Å².